The molecule has 0 aliphatic carbocycles. The Balaban J connectivity index is 1.61. The Kier molecular flexibility index (Phi) is 7.52. The Hall–Kier alpha value is -2.92. The largest absolute Gasteiger partial charge is 0.330 e. The second-order valence-electron chi connectivity index (χ2n) is 9.38. The summed E-state index contributed by atoms with van der Waals surface area (Å²) in [4.78, 5) is 32.5. The first-order valence-electron chi connectivity index (χ1n) is 12.2. The summed E-state index contributed by atoms with van der Waals surface area (Å²) in [6.45, 7) is 8.86. The van der Waals surface area contributed by atoms with Crippen LogP contribution in [0.15, 0.2) is 66.0 Å². The topological polar surface area (TPSA) is 40.6 Å². The number of benzene rings is 2. The molecule has 4 nitrogen and oxygen atoms in total. The van der Waals surface area contributed by atoms with E-state index in [4.69, 9.17) is 0 Å². The minimum Gasteiger partial charge on any atom is -0.330 e. The minimum atomic E-state index is -0.242. The van der Waals surface area contributed by atoms with E-state index in [0.29, 0.717) is 13.0 Å². The highest BCUT2D eigenvalue weighted by molar-refractivity contribution is 7.10. The number of thiophene rings is 1. The average Bonchev–Trinajstić information content (AvgIpc) is 3.32. The van der Waals surface area contributed by atoms with Gasteiger partial charge in [-0.25, -0.2) is 0 Å². The van der Waals surface area contributed by atoms with Gasteiger partial charge >= 0.3 is 0 Å². The fourth-order valence-electron chi connectivity index (χ4n) is 4.88. The molecular formula is C29H34N2O2S. The van der Waals surface area contributed by atoms with Crippen LogP contribution >= 0.6 is 11.3 Å². The zero-order chi connectivity index (χ0) is 24.2. The summed E-state index contributed by atoms with van der Waals surface area (Å²) in [5.74, 6) is -0.210. The molecule has 34 heavy (non-hydrogen) atoms. The molecule has 2 atom stereocenters. The molecule has 2 aromatic carbocycles. The van der Waals surface area contributed by atoms with Crippen molar-refractivity contribution >= 4 is 23.2 Å². The van der Waals surface area contributed by atoms with Crippen LogP contribution in [0.3, 0.4) is 0 Å². The number of hydrogen-bond donors (Lipinski definition) is 0. The van der Waals surface area contributed by atoms with E-state index in [1.807, 2.05) is 56.0 Å². The summed E-state index contributed by atoms with van der Waals surface area (Å²) in [5, 5.41) is 2.12. The van der Waals surface area contributed by atoms with Gasteiger partial charge in [-0.3, -0.25) is 9.59 Å². The second-order valence-corrected chi connectivity index (χ2v) is 10.4. The highest BCUT2D eigenvalue weighted by atomic mass is 32.1. The maximum Gasteiger partial charge on any atom is 0.243 e. The van der Waals surface area contributed by atoms with Crippen molar-refractivity contribution < 1.29 is 9.59 Å². The third-order valence-electron chi connectivity index (χ3n) is 6.80. The van der Waals surface area contributed by atoms with Gasteiger partial charge in [-0.15, -0.1) is 11.3 Å². The smallest absolute Gasteiger partial charge is 0.243 e. The van der Waals surface area contributed by atoms with E-state index in [-0.39, 0.29) is 36.4 Å². The number of aryl methyl sites for hydroxylation is 1. The minimum absolute atomic E-state index is 0.00684. The second kappa shape index (κ2) is 10.6. The van der Waals surface area contributed by atoms with Crippen molar-refractivity contribution in [2.45, 2.75) is 58.5 Å². The highest BCUT2D eigenvalue weighted by Gasteiger charge is 2.35. The van der Waals surface area contributed by atoms with Crippen LogP contribution in [0.1, 0.15) is 66.3 Å². The summed E-state index contributed by atoms with van der Waals surface area (Å²) in [6, 6.07) is 20.3. The van der Waals surface area contributed by atoms with E-state index in [9.17, 15) is 9.59 Å². The predicted molar refractivity (Wildman–Crippen MR) is 139 cm³/mol. The third-order valence-corrected chi connectivity index (χ3v) is 7.80. The van der Waals surface area contributed by atoms with Gasteiger partial charge in [0.1, 0.15) is 6.54 Å². The van der Waals surface area contributed by atoms with E-state index in [1.54, 1.807) is 16.2 Å². The standard InChI is InChI=1S/C29H34N2O2S/c1-5-24(22-9-7-6-8-10-22)29(33)31(20(2)3)19-27(32)30-17-15-26-25(16-18-34-26)28(30)23-13-11-21(4)12-14-23/h6-14,16,18,20,24,28H,5,15,17,19H2,1-4H3. The molecule has 3 aromatic rings. The quantitative estimate of drug-likeness (QED) is 0.424. The van der Waals surface area contributed by atoms with Crippen LogP contribution in [0.4, 0.5) is 0 Å². The van der Waals surface area contributed by atoms with Crippen LogP contribution in [0.5, 0.6) is 0 Å². The lowest BCUT2D eigenvalue weighted by atomic mass is 9.92. The molecule has 0 spiro atoms. The van der Waals surface area contributed by atoms with Gasteiger partial charge in [0.2, 0.25) is 11.8 Å². The van der Waals surface area contributed by atoms with Crippen LogP contribution < -0.4 is 0 Å². The monoisotopic (exact) mass is 474 g/mol. The molecule has 0 saturated heterocycles. The Morgan fingerprint density at radius 1 is 1.06 bits per heavy atom. The first kappa shape index (κ1) is 24.2. The molecule has 1 aromatic heterocycles. The molecule has 1 aliphatic rings. The lowest BCUT2D eigenvalue weighted by Gasteiger charge is -2.39. The van der Waals surface area contributed by atoms with Crippen LogP contribution in [0, 0.1) is 6.92 Å². The number of fused-ring (bicyclic) bond motifs is 1. The lowest BCUT2D eigenvalue weighted by molar-refractivity contribution is -0.144. The molecule has 0 bridgehead atoms. The Morgan fingerprint density at radius 2 is 1.76 bits per heavy atom. The molecule has 2 unspecified atom stereocenters. The fourth-order valence-corrected chi connectivity index (χ4v) is 5.79. The number of carbonyl (C=O) groups is 2. The normalized spacial score (nSPS) is 16.3. The van der Waals surface area contributed by atoms with E-state index in [1.165, 1.54) is 16.0 Å². The Morgan fingerprint density at radius 3 is 2.41 bits per heavy atom. The van der Waals surface area contributed by atoms with Crippen molar-refractivity contribution in [2.24, 2.45) is 0 Å². The van der Waals surface area contributed by atoms with Crippen LogP contribution in [0.2, 0.25) is 0 Å². The number of hydrogen-bond acceptors (Lipinski definition) is 3. The van der Waals surface area contributed by atoms with E-state index < -0.39 is 0 Å². The molecule has 2 heterocycles. The van der Waals surface area contributed by atoms with Crippen LogP contribution in [-0.4, -0.2) is 40.7 Å². The zero-order valence-corrected chi connectivity index (χ0v) is 21.3. The number of rotatable bonds is 7. The van der Waals surface area contributed by atoms with Gasteiger partial charge in [0.15, 0.2) is 0 Å². The molecule has 178 valence electrons. The first-order chi connectivity index (χ1) is 16.4. The molecule has 4 rings (SSSR count). The van der Waals surface area contributed by atoms with Gasteiger partial charge in [0.25, 0.3) is 0 Å². The average molecular weight is 475 g/mol. The molecule has 5 heteroatoms. The van der Waals surface area contributed by atoms with E-state index >= 15 is 0 Å². The predicted octanol–water partition coefficient (Wildman–Crippen LogP) is 5.96. The first-order valence-corrected chi connectivity index (χ1v) is 13.1. The summed E-state index contributed by atoms with van der Waals surface area (Å²) >= 11 is 1.77. The van der Waals surface area contributed by atoms with Crippen molar-refractivity contribution in [1.82, 2.24) is 9.80 Å². The SMILES string of the molecule is CCC(C(=O)N(CC(=O)N1CCc2sccc2C1c1ccc(C)cc1)C(C)C)c1ccccc1. The Labute approximate surface area is 207 Å². The van der Waals surface area contributed by atoms with Crippen LogP contribution in [-0.2, 0) is 16.0 Å². The van der Waals surface area contributed by atoms with Crippen molar-refractivity contribution in [2.75, 3.05) is 13.1 Å². The van der Waals surface area contributed by atoms with Gasteiger partial charge in [0, 0.05) is 17.5 Å². The maximum atomic E-state index is 13.8. The summed E-state index contributed by atoms with van der Waals surface area (Å²) < 4.78 is 0. The summed E-state index contributed by atoms with van der Waals surface area (Å²) in [6.07, 6.45) is 1.56. The fraction of sp³-hybridized carbons (Fsp3) is 0.379. The number of carbonyl (C=O) groups excluding carboxylic acids is 2. The van der Waals surface area contributed by atoms with E-state index in [0.717, 1.165) is 17.5 Å². The summed E-state index contributed by atoms with van der Waals surface area (Å²) in [7, 11) is 0. The lowest BCUT2D eigenvalue weighted by Crippen LogP contribution is -2.49. The molecule has 1 aliphatic heterocycles. The number of nitrogens with zero attached hydrogens (tertiary/aromatic N) is 2. The molecule has 0 N–H and O–H groups in total. The van der Waals surface area contributed by atoms with Gasteiger partial charge in [0.05, 0.1) is 12.0 Å². The molecular weight excluding hydrogens is 440 g/mol. The third kappa shape index (κ3) is 4.95. The van der Waals surface area contributed by atoms with E-state index in [2.05, 4.69) is 42.6 Å². The molecule has 0 saturated carbocycles. The Bertz CT molecular complexity index is 1120. The van der Waals surface area contributed by atoms with Gasteiger partial charge in [-0.2, -0.15) is 0 Å². The maximum absolute atomic E-state index is 13.8. The van der Waals surface area contributed by atoms with Gasteiger partial charge in [-0.05, 0) is 61.7 Å². The van der Waals surface area contributed by atoms with Crippen molar-refractivity contribution in [3.05, 3.63) is 93.2 Å². The molecule has 0 radical (unpaired) electrons. The van der Waals surface area contributed by atoms with Gasteiger partial charge < -0.3 is 9.80 Å². The van der Waals surface area contributed by atoms with Gasteiger partial charge in [-0.1, -0.05) is 67.1 Å². The van der Waals surface area contributed by atoms with Crippen LogP contribution in [0.25, 0.3) is 0 Å². The highest BCUT2D eigenvalue weighted by Crippen LogP contribution is 2.38. The van der Waals surface area contributed by atoms with Crippen molar-refractivity contribution in [3.8, 4) is 0 Å². The van der Waals surface area contributed by atoms with Crippen molar-refractivity contribution in [3.63, 3.8) is 0 Å². The zero-order valence-electron chi connectivity index (χ0n) is 20.5. The number of amides is 2. The molecule has 2 amide bonds. The summed E-state index contributed by atoms with van der Waals surface area (Å²) in [5.41, 5.74) is 4.54. The van der Waals surface area contributed by atoms with Crippen molar-refractivity contribution in [1.29, 1.82) is 0 Å². The molecule has 0 fully saturated rings.